The zero-order valence-electron chi connectivity index (χ0n) is 6.90. The van der Waals surface area contributed by atoms with Gasteiger partial charge in [-0.15, -0.1) is 0 Å². The van der Waals surface area contributed by atoms with Gasteiger partial charge >= 0.3 is 6.09 Å². The molecule has 0 aromatic heterocycles. The van der Waals surface area contributed by atoms with Crippen LogP contribution in [0.1, 0.15) is 0 Å². The van der Waals surface area contributed by atoms with Crippen molar-refractivity contribution in [3.05, 3.63) is 0 Å². The van der Waals surface area contributed by atoms with E-state index in [4.69, 9.17) is 10.5 Å². The maximum absolute atomic E-state index is 11.1. The van der Waals surface area contributed by atoms with E-state index in [1.54, 1.807) is 4.90 Å². The standard InChI is InChI=1S/C7H13N3O2/c8-5-9-1-2-10-6(3-9)4-12-7(10)11/h6H,1-5,8H2. The topological polar surface area (TPSA) is 58.8 Å². The molecule has 0 aliphatic carbocycles. The molecule has 2 fully saturated rings. The van der Waals surface area contributed by atoms with Crippen LogP contribution in [0, 0.1) is 0 Å². The van der Waals surface area contributed by atoms with Crippen molar-refractivity contribution in [2.24, 2.45) is 5.73 Å². The lowest BCUT2D eigenvalue weighted by molar-refractivity contribution is 0.121. The molecule has 12 heavy (non-hydrogen) atoms. The Morgan fingerprint density at radius 1 is 1.58 bits per heavy atom. The molecule has 68 valence electrons. The van der Waals surface area contributed by atoms with Gasteiger partial charge in [0.1, 0.15) is 6.61 Å². The van der Waals surface area contributed by atoms with Crippen LogP contribution in [0.4, 0.5) is 4.79 Å². The van der Waals surface area contributed by atoms with E-state index in [-0.39, 0.29) is 12.1 Å². The lowest BCUT2D eigenvalue weighted by Crippen LogP contribution is -2.53. The molecule has 2 heterocycles. The third-order valence-electron chi connectivity index (χ3n) is 2.46. The van der Waals surface area contributed by atoms with E-state index < -0.39 is 0 Å². The van der Waals surface area contributed by atoms with E-state index >= 15 is 0 Å². The van der Waals surface area contributed by atoms with Gasteiger partial charge in [-0.2, -0.15) is 0 Å². The van der Waals surface area contributed by atoms with Crippen LogP contribution in [0.3, 0.4) is 0 Å². The number of cyclic esters (lactones) is 1. The van der Waals surface area contributed by atoms with Crippen LogP contribution < -0.4 is 5.73 Å². The molecule has 1 amide bonds. The third-order valence-corrected chi connectivity index (χ3v) is 2.46. The summed E-state index contributed by atoms with van der Waals surface area (Å²) in [5.74, 6) is 0. The molecule has 0 aromatic rings. The first kappa shape index (κ1) is 7.82. The quantitative estimate of drug-likeness (QED) is 0.552. The fraction of sp³-hybridized carbons (Fsp3) is 0.857. The van der Waals surface area contributed by atoms with Gasteiger partial charge in [0.2, 0.25) is 0 Å². The average Bonchev–Trinajstić information content (AvgIpc) is 2.47. The number of fused-ring (bicyclic) bond motifs is 1. The smallest absolute Gasteiger partial charge is 0.410 e. The fourth-order valence-corrected chi connectivity index (χ4v) is 1.72. The van der Waals surface area contributed by atoms with Crippen molar-refractivity contribution in [1.29, 1.82) is 0 Å². The average molecular weight is 171 g/mol. The molecule has 2 aliphatic heterocycles. The van der Waals surface area contributed by atoms with Crippen molar-refractivity contribution in [2.75, 3.05) is 32.9 Å². The molecule has 0 radical (unpaired) electrons. The Morgan fingerprint density at radius 2 is 2.42 bits per heavy atom. The Labute approximate surface area is 71.1 Å². The monoisotopic (exact) mass is 171 g/mol. The van der Waals surface area contributed by atoms with E-state index in [1.807, 2.05) is 0 Å². The lowest BCUT2D eigenvalue weighted by atomic mass is 10.2. The van der Waals surface area contributed by atoms with Gasteiger partial charge in [0.25, 0.3) is 0 Å². The summed E-state index contributed by atoms with van der Waals surface area (Å²) >= 11 is 0. The highest BCUT2D eigenvalue weighted by molar-refractivity contribution is 5.70. The van der Waals surface area contributed by atoms with Crippen molar-refractivity contribution < 1.29 is 9.53 Å². The highest BCUT2D eigenvalue weighted by Crippen LogP contribution is 2.16. The van der Waals surface area contributed by atoms with Crippen molar-refractivity contribution in [1.82, 2.24) is 9.80 Å². The van der Waals surface area contributed by atoms with Crippen molar-refractivity contribution in [3.63, 3.8) is 0 Å². The first-order chi connectivity index (χ1) is 5.81. The Hall–Kier alpha value is -0.810. The number of nitrogens with two attached hydrogens (primary N) is 1. The molecule has 0 spiro atoms. The Bertz CT molecular complexity index is 197. The molecule has 2 saturated heterocycles. The summed E-state index contributed by atoms with van der Waals surface area (Å²) in [5, 5.41) is 0. The number of rotatable bonds is 1. The van der Waals surface area contributed by atoms with Gasteiger partial charge in [0.15, 0.2) is 0 Å². The summed E-state index contributed by atoms with van der Waals surface area (Å²) in [5.41, 5.74) is 5.50. The second-order valence-corrected chi connectivity index (χ2v) is 3.18. The van der Waals surface area contributed by atoms with Crippen LogP contribution in [-0.2, 0) is 4.74 Å². The molecule has 5 nitrogen and oxygen atoms in total. The van der Waals surface area contributed by atoms with Gasteiger partial charge in [-0.25, -0.2) is 4.79 Å². The minimum absolute atomic E-state index is 0.170. The molecule has 1 unspecified atom stereocenters. The first-order valence-electron chi connectivity index (χ1n) is 4.17. The molecule has 0 aromatic carbocycles. The minimum atomic E-state index is -0.170. The van der Waals surface area contributed by atoms with E-state index in [0.29, 0.717) is 13.3 Å². The molecular weight excluding hydrogens is 158 g/mol. The summed E-state index contributed by atoms with van der Waals surface area (Å²) in [7, 11) is 0. The molecule has 2 aliphatic rings. The lowest BCUT2D eigenvalue weighted by Gasteiger charge is -2.34. The van der Waals surface area contributed by atoms with Gasteiger partial charge in [-0.3, -0.25) is 9.80 Å². The van der Waals surface area contributed by atoms with Crippen molar-refractivity contribution >= 4 is 6.09 Å². The van der Waals surface area contributed by atoms with Gasteiger partial charge < -0.3 is 10.5 Å². The summed E-state index contributed by atoms with van der Waals surface area (Å²) in [6.07, 6.45) is -0.170. The number of nitrogens with zero attached hydrogens (tertiary/aromatic N) is 2. The molecule has 2 N–H and O–H groups in total. The number of hydrogen-bond acceptors (Lipinski definition) is 4. The zero-order valence-corrected chi connectivity index (χ0v) is 6.90. The fourth-order valence-electron chi connectivity index (χ4n) is 1.72. The van der Waals surface area contributed by atoms with Crippen molar-refractivity contribution in [2.45, 2.75) is 6.04 Å². The summed E-state index contributed by atoms with van der Waals surface area (Å²) in [6.45, 7) is 3.55. The van der Waals surface area contributed by atoms with Crippen molar-refractivity contribution in [3.8, 4) is 0 Å². The highest BCUT2D eigenvalue weighted by atomic mass is 16.6. The van der Waals surface area contributed by atoms with Crippen LogP contribution in [0.25, 0.3) is 0 Å². The zero-order chi connectivity index (χ0) is 8.55. The first-order valence-corrected chi connectivity index (χ1v) is 4.17. The highest BCUT2D eigenvalue weighted by Gasteiger charge is 2.36. The van der Waals surface area contributed by atoms with E-state index in [1.165, 1.54) is 0 Å². The molecule has 1 atom stereocenters. The van der Waals surface area contributed by atoms with Gasteiger partial charge in [-0.1, -0.05) is 0 Å². The largest absolute Gasteiger partial charge is 0.447 e. The van der Waals surface area contributed by atoms with E-state index in [9.17, 15) is 4.79 Å². The summed E-state index contributed by atoms with van der Waals surface area (Å²) < 4.78 is 4.91. The summed E-state index contributed by atoms with van der Waals surface area (Å²) in [6, 6.07) is 0.231. The second kappa shape index (κ2) is 2.91. The molecule has 5 heteroatoms. The molecular formula is C7H13N3O2. The van der Waals surface area contributed by atoms with Gasteiger partial charge in [0.05, 0.1) is 6.04 Å². The maximum Gasteiger partial charge on any atom is 0.410 e. The molecule has 0 bridgehead atoms. The van der Waals surface area contributed by atoms with Crippen LogP contribution in [0.2, 0.25) is 0 Å². The Morgan fingerprint density at radius 3 is 3.17 bits per heavy atom. The van der Waals surface area contributed by atoms with Gasteiger partial charge in [0, 0.05) is 26.3 Å². The summed E-state index contributed by atoms with van der Waals surface area (Å²) in [4.78, 5) is 15.0. The third kappa shape index (κ3) is 1.15. The second-order valence-electron chi connectivity index (χ2n) is 3.18. The number of hydrogen-bond donors (Lipinski definition) is 1. The van der Waals surface area contributed by atoms with Gasteiger partial charge in [-0.05, 0) is 0 Å². The van der Waals surface area contributed by atoms with Crippen LogP contribution in [-0.4, -0.2) is 54.8 Å². The van der Waals surface area contributed by atoms with E-state index in [0.717, 1.165) is 19.6 Å². The predicted octanol–water partition coefficient (Wildman–Crippen LogP) is -0.961. The van der Waals surface area contributed by atoms with Crippen LogP contribution >= 0.6 is 0 Å². The van der Waals surface area contributed by atoms with Crippen LogP contribution in [0.15, 0.2) is 0 Å². The maximum atomic E-state index is 11.1. The Balaban J connectivity index is 1.99. The van der Waals surface area contributed by atoms with Crippen LogP contribution in [0.5, 0.6) is 0 Å². The minimum Gasteiger partial charge on any atom is -0.447 e. The van der Waals surface area contributed by atoms with E-state index in [2.05, 4.69) is 4.90 Å². The number of amides is 1. The Kier molecular flexibility index (Phi) is 1.90. The predicted molar refractivity (Wildman–Crippen MR) is 42.5 cm³/mol. The normalized spacial score (nSPS) is 30.2. The number of piperazine rings is 1. The SMILES string of the molecule is NCN1CCN2C(=O)OCC2C1. The number of carbonyl (C=O) groups excluding carboxylic acids is 1. The number of ether oxygens (including phenoxy) is 1. The molecule has 0 saturated carbocycles. The molecule has 2 rings (SSSR count). The number of carbonyl (C=O) groups is 1.